The Morgan fingerprint density at radius 3 is 1.54 bits per heavy atom. The van der Waals surface area contributed by atoms with Crippen molar-refractivity contribution in [2.45, 2.75) is 110 Å². The van der Waals surface area contributed by atoms with Gasteiger partial charge in [-0.2, -0.15) is 0 Å². The number of aliphatic imine (C=N–C) groups is 1. The molecule has 0 aromatic heterocycles. The molecule has 448 valence electrons. The van der Waals surface area contributed by atoms with Gasteiger partial charge in [0.05, 0.1) is 32.0 Å². The molecule has 2 aromatic carbocycles. The number of amidine groups is 1. The number of anilines is 1. The number of nitrogens with zero attached hydrogens (tertiary/aromatic N) is 5. The van der Waals surface area contributed by atoms with Crippen molar-refractivity contribution in [1.82, 2.24) is 46.2 Å². The monoisotopic (exact) mass is 1140 g/mol. The maximum absolute atomic E-state index is 13.8. The number of benzene rings is 2. The molecule has 12 N–H and O–H groups in total. The minimum Gasteiger partial charge on any atom is -0.480 e. The van der Waals surface area contributed by atoms with E-state index in [9.17, 15) is 68.4 Å². The standard InChI is InChI=1S/C55H84N12O14/c1-38-13-15-41(16-14-38)9-8-12-47(69)57-23-7-5-11-45(54(78)79)63-53(77)44(61-48(70)22-21-46(55(80)81)62-52(76)42-17-19-43(20-18-42)60-37-59-40(3)56)10-4-6-24-58-49(71)34-65-27-25-64(33-39(2)68)26-29-66(35-50(72)73)31-32-67(30-28-65)36-51(74)75/h13-20,44-46,60H,4-12,21-37H2,1-3H3,(H2,56,59)(H,57,69)(H,58,71)(H,61,70)(H,62,76)(H,63,77)(H,72,73)(H,74,75)(H,78,79)(H,80,81). The van der Waals surface area contributed by atoms with E-state index in [1.54, 1.807) is 28.9 Å². The number of carbonyl (C=O) groups excluding carboxylic acids is 6. The number of nitrogens with one attached hydrogen (secondary N) is 6. The number of hydrogen-bond acceptors (Lipinski definition) is 16. The Hall–Kier alpha value is -7.55. The summed E-state index contributed by atoms with van der Waals surface area (Å²) in [6.45, 7) is 7.64. The van der Waals surface area contributed by atoms with Gasteiger partial charge in [0.1, 0.15) is 30.6 Å². The number of rotatable bonds is 35. The van der Waals surface area contributed by atoms with Crippen LogP contribution in [0.4, 0.5) is 5.69 Å². The average molecular weight is 1140 g/mol. The zero-order valence-corrected chi connectivity index (χ0v) is 46.9. The Morgan fingerprint density at radius 2 is 1.04 bits per heavy atom. The molecule has 0 radical (unpaired) electrons. The Kier molecular flexibility index (Phi) is 31.3. The topological polar surface area (TPSA) is 375 Å². The highest BCUT2D eigenvalue weighted by Gasteiger charge is 2.28. The number of amides is 5. The van der Waals surface area contributed by atoms with Gasteiger partial charge < -0.3 is 58.1 Å². The molecule has 26 heteroatoms. The van der Waals surface area contributed by atoms with Crippen LogP contribution in [0.15, 0.2) is 53.5 Å². The molecule has 0 aliphatic carbocycles. The maximum atomic E-state index is 13.8. The number of carbonyl (C=O) groups is 10. The van der Waals surface area contributed by atoms with Crippen molar-refractivity contribution in [3.05, 3.63) is 65.2 Å². The molecule has 3 unspecified atom stereocenters. The summed E-state index contributed by atoms with van der Waals surface area (Å²) in [5, 5.41) is 55.3. The van der Waals surface area contributed by atoms with Crippen molar-refractivity contribution in [3.8, 4) is 0 Å². The molecule has 0 spiro atoms. The number of unbranched alkanes of at least 4 members (excludes halogenated alkanes) is 2. The van der Waals surface area contributed by atoms with Crippen LogP contribution in [0.2, 0.25) is 0 Å². The predicted octanol–water partition coefficient (Wildman–Crippen LogP) is 0.335. The van der Waals surface area contributed by atoms with Crippen LogP contribution >= 0.6 is 0 Å². The zero-order valence-electron chi connectivity index (χ0n) is 46.9. The van der Waals surface area contributed by atoms with Crippen LogP contribution in [0.25, 0.3) is 0 Å². The van der Waals surface area contributed by atoms with Gasteiger partial charge in [0.2, 0.25) is 23.6 Å². The van der Waals surface area contributed by atoms with Crippen LogP contribution in [0.3, 0.4) is 0 Å². The largest absolute Gasteiger partial charge is 0.480 e. The Bertz CT molecular complexity index is 2370. The minimum absolute atomic E-state index is 0.00753. The third kappa shape index (κ3) is 30.0. The van der Waals surface area contributed by atoms with Crippen LogP contribution < -0.4 is 37.6 Å². The number of hydrogen-bond donors (Lipinski definition) is 11. The summed E-state index contributed by atoms with van der Waals surface area (Å²) in [5.41, 5.74) is 8.61. The van der Waals surface area contributed by atoms with Gasteiger partial charge in [0.25, 0.3) is 5.91 Å². The second-order valence-electron chi connectivity index (χ2n) is 20.3. The van der Waals surface area contributed by atoms with E-state index in [0.717, 1.165) is 17.5 Å². The van der Waals surface area contributed by atoms with Crippen molar-refractivity contribution < 1.29 is 68.4 Å². The molecule has 1 aliphatic rings. The molecule has 1 heterocycles. The number of ketones is 1. The number of Topliss-reactive ketones (excluding diaryl/α,β-unsaturated/α-hetero) is 1. The van der Waals surface area contributed by atoms with Gasteiger partial charge in [-0.3, -0.25) is 62.9 Å². The number of aliphatic carboxylic acids is 4. The van der Waals surface area contributed by atoms with Crippen LogP contribution in [0, 0.1) is 6.92 Å². The van der Waals surface area contributed by atoms with Gasteiger partial charge in [-0.15, -0.1) is 0 Å². The van der Waals surface area contributed by atoms with Crippen LogP contribution in [-0.4, -0.2) is 221 Å². The van der Waals surface area contributed by atoms with E-state index in [2.05, 4.69) is 36.9 Å². The SMILES string of the molecule is CC(=O)CN1CCN(CC(=O)O)CCN(CC(=O)O)CCN(CC(=O)NCCCCC(NC(=O)CCC(NC(=O)c2ccc(NCN=C(C)N)cc2)C(=O)O)C(=O)NC(CCCCNC(=O)CCCc2ccc(C)cc2)C(=O)O)CC1. The van der Waals surface area contributed by atoms with E-state index in [4.69, 9.17) is 5.73 Å². The van der Waals surface area contributed by atoms with Gasteiger partial charge in [-0.1, -0.05) is 29.8 Å². The van der Waals surface area contributed by atoms with Crippen molar-refractivity contribution in [3.63, 3.8) is 0 Å². The summed E-state index contributed by atoms with van der Waals surface area (Å²) >= 11 is 0. The van der Waals surface area contributed by atoms with Crippen LogP contribution in [-0.2, 0) is 49.6 Å². The minimum atomic E-state index is -1.50. The van der Waals surface area contributed by atoms with Gasteiger partial charge in [0, 0.05) is 89.5 Å². The van der Waals surface area contributed by atoms with Gasteiger partial charge >= 0.3 is 23.9 Å². The molecule has 0 saturated carbocycles. The fourth-order valence-corrected chi connectivity index (χ4v) is 8.70. The molecule has 81 heavy (non-hydrogen) atoms. The van der Waals surface area contributed by atoms with Crippen molar-refractivity contribution >= 4 is 70.7 Å². The molecule has 26 nitrogen and oxygen atoms in total. The first kappa shape index (κ1) is 67.7. The predicted molar refractivity (Wildman–Crippen MR) is 301 cm³/mol. The first-order chi connectivity index (χ1) is 38.6. The fourth-order valence-electron chi connectivity index (χ4n) is 8.70. The normalized spacial score (nSPS) is 15.3. The third-order valence-electron chi connectivity index (χ3n) is 13.2. The smallest absolute Gasteiger partial charge is 0.326 e. The van der Waals surface area contributed by atoms with E-state index < -0.39 is 66.1 Å². The van der Waals surface area contributed by atoms with Crippen molar-refractivity contribution in [2.24, 2.45) is 10.7 Å². The molecule has 3 atom stereocenters. The van der Waals surface area contributed by atoms with E-state index >= 15 is 0 Å². The van der Waals surface area contributed by atoms with E-state index in [0.29, 0.717) is 76.4 Å². The van der Waals surface area contributed by atoms with Crippen LogP contribution in [0.1, 0.15) is 99.5 Å². The van der Waals surface area contributed by atoms with Crippen LogP contribution in [0.5, 0.6) is 0 Å². The molecule has 2 aromatic rings. The number of nitrogens with two attached hydrogens (primary N) is 1. The lowest BCUT2D eigenvalue weighted by molar-refractivity contribution is -0.142. The molecule has 1 aliphatic heterocycles. The average Bonchev–Trinajstić information content (AvgIpc) is 3.39. The first-order valence-corrected chi connectivity index (χ1v) is 27.4. The van der Waals surface area contributed by atoms with Crippen molar-refractivity contribution in [2.75, 3.05) is 104 Å². The Balaban J connectivity index is 1.64. The lowest BCUT2D eigenvalue weighted by atomic mass is 10.0. The summed E-state index contributed by atoms with van der Waals surface area (Å²) in [5.74, 6) is -7.31. The summed E-state index contributed by atoms with van der Waals surface area (Å²) in [6.07, 6.45) is 2.23. The molecular weight excluding hydrogens is 1050 g/mol. The van der Waals surface area contributed by atoms with Crippen molar-refractivity contribution in [1.29, 1.82) is 0 Å². The Labute approximate surface area is 473 Å². The lowest BCUT2D eigenvalue weighted by Crippen LogP contribution is -2.52. The van der Waals surface area contributed by atoms with Gasteiger partial charge in [0.15, 0.2) is 0 Å². The third-order valence-corrected chi connectivity index (χ3v) is 13.2. The molecule has 5 amide bonds. The highest BCUT2D eigenvalue weighted by molar-refractivity contribution is 5.97. The second kappa shape index (κ2) is 37.4. The quantitative estimate of drug-likeness (QED) is 0.0252. The molecule has 1 fully saturated rings. The molecule has 0 bridgehead atoms. The molecular formula is C55H84N12O14. The maximum Gasteiger partial charge on any atom is 0.326 e. The highest BCUT2D eigenvalue weighted by atomic mass is 16.4. The lowest BCUT2D eigenvalue weighted by Gasteiger charge is -2.33. The summed E-state index contributed by atoms with van der Waals surface area (Å²) in [7, 11) is 0. The van der Waals surface area contributed by atoms with Gasteiger partial charge in [-0.25, -0.2) is 9.59 Å². The fraction of sp³-hybridized carbons (Fsp3) is 0.582. The summed E-state index contributed by atoms with van der Waals surface area (Å²) in [6, 6.07) is 10.1. The number of carboxylic acids is 4. The number of aryl methyl sites for hydroxylation is 2. The van der Waals surface area contributed by atoms with Gasteiger partial charge in [-0.05, 0) is 108 Å². The molecule has 3 rings (SSSR count). The van der Waals surface area contributed by atoms with E-state index in [1.165, 1.54) is 19.1 Å². The first-order valence-electron chi connectivity index (χ1n) is 27.4. The highest BCUT2D eigenvalue weighted by Crippen LogP contribution is 2.13. The molecule has 1 saturated heterocycles. The summed E-state index contributed by atoms with van der Waals surface area (Å²) < 4.78 is 0. The van der Waals surface area contributed by atoms with E-state index in [-0.39, 0.29) is 114 Å². The summed E-state index contributed by atoms with van der Waals surface area (Å²) in [4.78, 5) is 137. The Morgan fingerprint density at radius 1 is 0.543 bits per heavy atom. The second-order valence-corrected chi connectivity index (χ2v) is 20.3. The van der Waals surface area contributed by atoms with E-state index in [1.807, 2.05) is 41.0 Å². The zero-order chi connectivity index (χ0) is 59.7. The number of carboxylic acid groups (broad SMARTS) is 4.